The maximum Gasteiger partial charge on any atom is 0.244 e. The molecule has 0 aliphatic rings. The molecular formula is C12H18ClNO4S. The van der Waals surface area contributed by atoms with Crippen molar-refractivity contribution in [2.45, 2.75) is 23.8 Å². The van der Waals surface area contributed by atoms with Gasteiger partial charge in [0.2, 0.25) is 10.0 Å². The number of nitrogens with one attached hydrogen (secondary N) is 1. The Morgan fingerprint density at radius 3 is 2.58 bits per heavy atom. The molecule has 0 radical (unpaired) electrons. The number of halogens is 1. The molecule has 1 atom stereocenters. The van der Waals surface area contributed by atoms with Crippen LogP contribution < -0.4 is 9.46 Å². The summed E-state index contributed by atoms with van der Waals surface area (Å²) in [7, 11) is -0.710. The largest absolute Gasteiger partial charge is 0.495 e. The van der Waals surface area contributed by atoms with Gasteiger partial charge in [0.25, 0.3) is 0 Å². The van der Waals surface area contributed by atoms with Crippen molar-refractivity contribution in [2.24, 2.45) is 0 Å². The lowest BCUT2D eigenvalue weighted by molar-refractivity contribution is 0.122. The number of sulfonamides is 1. The van der Waals surface area contributed by atoms with Gasteiger partial charge in [0.15, 0.2) is 0 Å². The van der Waals surface area contributed by atoms with E-state index in [0.29, 0.717) is 5.56 Å². The first kappa shape index (κ1) is 16.2. The van der Waals surface area contributed by atoms with Crippen molar-refractivity contribution in [1.29, 1.82) is 0 Å². The fourth-order valence-electron chi connectivity index (χ4n) is 1.40. The molecule has 1 N–H and O–H groups in total. The molecule has 0 aliphatic carbocycles. The summed E-state index contributed by atoms with van der Waals surface area (Å²) >= 11 is 5.72. The van der Waals surface area contributed by atoms with E-state index in [0.717, 1.165) is 0 Å². The predicted molar refractivity (Wildman–Crippen MR) is 74.2 cm³/mol. The Balaban J connectivity index is 3.05. The van der Waals surface area contributed by atoms with Gasteiger partial charge in [0, 0.05) is 19.5 Å². The standard InChI is InChI=1S/C12H18ClNO4S/c1-9(17-2)8-14-19(15,16)12-6-10(7-13)4-5-11(12)18-3/h4-6,9,14H,7-8H2,1-3H3. The lowest BCUT2D eigenvalue weighted by Crippen LogP contribution is -2.31. The summed E-state index contributed by atoms with van der Waals surface area (Å²) in [5.41, 5.74) is 0.711. The number of hydrogen-bond donors (Lipinski definition) is 1. The summed E-state index contributed by atoms with van der Waals surface area (Å²) in [6.45, 7) is 1.96. The minimum Gasteiger partial charge on any atom is -0.495 e. The summed E-state index contributed by atoms with van der Waals surface area (Å²) in [5, 5.41) is 0. The second-order valence-corrected chi connectivity index (χ2v) is 6.02. The highest BCUT2D eigenvalue weighted by atomic mass is 35.5. The number of hydrogen-bond acceptors (Lipinski definition) is 4. The van der Waals surface area contributed by atoms with Crippen molar-refractivity contribution in [3.8, 4) is 5.75 Å². The zero-order valence-corrected chi connectivity index (χ0v) is 12.7. The van der Waals surface area contributed by atoms with Crippen LogP contribution in [0.4, 0.5) is 0 Å². The van der Waals surface area contributed by atoms with Gasteiger partial charge in [-0.3, -0.25) is 0 Å². The SMILES string of the molecule is COc1ccc(CCl)cc1S(=O)(=O)NCC(C)OC. The molecule has 1 rings (SSSR count). The van der Waals surface area contributed by atoms with E-state index in [-0.39, 0.29) is 29.2 Å². The van der Waals surface area contributed by atoms with Gasteiger partial charge in [-0.2, -0.15) is 0 Å². The fraction of sp³-hybridized carbons (Fsp3) is 0.500. The molecule has 0 amide bonds. The average molecular weight is 308 g/mol. The number of ether oxygens (including phenoxy) is 2. The van der Waals surface area contributed by atoms with E-state index in [1.54, 1.807) is 19.1 Å². The highest BCUT2D eigenvalue weighted by Crippen LogP contribution is 2.25. The molecule has 0 fully saturated rings. The van der Waals surface area contributed by atoms with E-state index >= 15 is 0 Å². The van der Waals surface area contributed by atoms with Gasteiger partial charge >= 0.3 is 0 Å². The Kier molecular flexibility index (Phi) is 6.06. The number of methoxy groups -OCH3 is 2. The predicted octanol–water partition coefficient (Wildman–Crippen LogP) is 1.75. The molecular weight excluding hydrogens is 290 g/mol. The molecule has 1 aromatic carbocycles. The van der Waals surface area contributed by atoms with Crippen LogP contribution in [0.2, 0.25) is 0 Å². The summed E-state index contributed by atoms with van der Waals surface area (Å²) in [6, 6.07) is 4.82. The number of rotatable bonds is 7. The van der Waals surface area contributed by atoms with Crippen LogP contribution in [0.5, 0.6) is 5.75 Å². The smallest absolute Gasteiger partial charge is 0.244 e. The summed E-state index contributed by atoms with van der Waals surface area (Å²) in [5.74, 6) is 0.521. The maximum atomic E-state index is 12.2. The molecule has 5 nitrogen and oxygen atoms in total. The summed E-state index contributed by atoms with van der Waals surface area (Å²) in [4.78, 5) is 0.0800. The molecule has 0 saturated carbocycles. The third kappa shape index (κ3) is 4.35. The molecule has 0 bridgehead atoms. The molecule has 1 unspecified atom stereocenters. The normalized spacial score (nSPS) is 13.3. The molecule has 0 heterocycles. The van der Waals surface area contributed by atoms with Gasteiger partial charge in [0.1, 0.15) is 10.6 Å². The van der Waals surface area contributed by atoms with E-state index in [1.165, 1.54) is 20.3 Å². The molecule has 19 heavy (non-hydrogen) atoms. The minimum atomic E-state index is -3.65. The van der Waals surface area contributed by atoms with Crippen LogP contribution in [-0.2, 0) is 20.6 Å². The number of benzene rings is 1. The zero-order chi connectivity index (χ0) is 14.5. The zero-order valence-electron chi connectivity index (χ0n) is 11.1. The van der Waals surface area contributed by atoms with Gasteiger partial charge in [0.05, 0.1) is 13.2 Å². The van der Waals surface area contributed by atoms with Crippen LogP contribution in [0.3, 0.4) is 0 Å². The van der Waals surface area contributed by atoms with Crippen LogP contribution in [0, 0.1) is 0 Å². The van der Waals surface area contributed by atoms with Crippen molar-refractivity contribution in [3.63, 3.8) is 0 Å². The average Bonchev–Trinajstić information content (AvgIpc) is 2.43. The van der Waals surface area contributed by atoms with Crippen molar-refractivity contribution in [1.82, 2.24) is 4.72 Å². The lowest BCUT2D eigenvalue weighted by Gasteiger charge is -2.14. The first-order valence-electron chi connectivity index (χ1n) is 5.70. The molecule has 0 spiro atoms. The number of alkyl halides is 1. The molecule has 0 saturated heterocycles. The quantitative estimate of drug-likeness (QED) is 0.779. The third-order valence-electron chi connectivity index (χ3n) is 2.64. The second kappa shape index (κ2) is 7.09. The van der Waals surface area contributed by atoms with E-state index in [4.69, 9.17) is 21.1 Å². The van der Waals surface area contributed by atoms with Gasteiger partial charge in [-0.1, -0.05) is 6.07 Å². The lowest BCUT2D eigenvalue weighted by atomic mass is 10.2. The third-order valence-corrected chi connectivity index (χ3v) is 4.39. The van der Waals surface area contributed by atoms with Crippen LogP contribution in [0.15, 0.2) is 23.1 Å². The Morgan fingerprint density at radius 1 is 1.37 bits per heavy atom. The fourth-order valence-corrected chi connectivity index (χ4v) is 2.90. The summed E-state index contributed by atoms with van der Waals surface area (Å²) < 4.78 is 37.0. The van der Waals surface area contributed by atoms with Crippen LogP contribution in [-0.4, -0.2) is 35.3 Å². The van der Waals surface area contributed by atoms with Gasteiger partial charge in [-0.05, 0) is 24.6 Å². The summed E-state index contributed by atoms with van der Waals surface area (Å²) in [6.07, 6.45) is -0.211. The molecule has 7 heteroatoms. The highest BCUT2D eigenvalue weighted by Gasteiger charge is 2.20. The van der Waals surface area contributed by atoms with Gasteiger partial charge in [-0.15, -0.1) is 11.6 Å². The Hall–Kier alpha value is -0.820. The Morgan fingerprint density at radius 2 is 2.05 bits per heavy atom. The Labute approximate surface area is 118 Å². The highest BCUT2D eigenvalue weighted by molar-refractivity contribution is 7.89. The van der Waals surface area contributed by atoms with E-state index in [9.17, 15) is 8.42 Å². The monoisotopic (exact) mass is 307 g/mol. The van der Waals surface area contributed by atoms with Crippen LogP contribution in [0.25, 0.3) is 0 Å². The van der Waals surface area contributed by atoms with E-state index in [2.05, 4.69) is 4.72 Å². The van der Waals surface area contributed by atoms with Gasteiger partial charge in [-0.25, -0.2) is 13.1 Å². The van der Waals surface area contributed by atoms with Crippen LogP contribution in [0.1, 0.15) is 12.5 Å². The second-order valence-electron chi connectivity index (χ2n) is 4.02. The Bertz CT molecular complexity index is 518. The van der Waals surface area contributed by atoms with Crippen molar-refractivity contribution in [3.05, 3.63) is 23.8 Å². The van der Waals surface area contributed by atoms with Gasteiger partial charge < -0.3 is 9.47 Å². The van der Waals surface area contributed by atoms with Crippen molar-refractivity contribution >= 4 is 21.6 Å². The topological polar surface area (TPSA) is 64.6 Å². The first-order valence-corrected chi connectivity index (χ1v) is 7.71. The van der Waals surface area contributed by atoms with E-state index < -0.39 is 10.0 Å². The van der Waals surface area contributed by atoms with Crippen molar-refractivity contribution in [2.75, 3.05) is 20.8 Å². The maximum absolute atomic E-state index is 12.2. The van der Waals surface area contributed by atoms with Crippen molar-refractivity contribution < 1.29 is 17.9 Å². The molecule has 0 aromatic heterocycles. The first-order chi connectivity index (χ1) is 8.94. The molecule has 0 aliphatic heterocycles. The minimum absolute atomic E-state index is 0.0800. The van der Waals surface area contributed by atoms with Crippen LogP contribution >= 0.6 is 11.6 Å². The van der Waals surface area contributed by atoms with E-state index in [1.807, 2.05) is 0 Å². The molecule has 108 valence electrons. The molecule has 1 aromatic rings.